The molecule has 0 saturated carbocycles. The Bertz CT molecular complexity index is 4300. The Hall–Kier alpha value is -10.9. The lowest BCUT2D eigenvalue weighted by Gasteiger charge is -2.34. The average molecular weight is 1080 g/mol. The summed E-state index contributed by atoms with van der Waals surface area (Å²) >= 11 is 0. The van der Waals surface area contributed by atoms with E-state index in [0.717, 1.165) is 0 Å². The summed E-state index contributed by atoms with van der Waals surface area (Å²) in [7, 11) is 0. The van der Waals surface area contributed by atoms with E-state index in [1.165, 1.54) is 145 Å². The van der Waals surface area contributed by atoms with E-state index in [1.807, 2.05) is 0 Å². The summed E-state index contributed by atoms with van der Waals surface area (Å²) in [6.45, 7) is 0. The molecule has 0 N–H and O–H groups in total. The smallest absolute Gasteiger partial charge is 0.0622 e. The van der Waals surface area contributed by atoms with Gasteiger partial charge in [0, 0.05) is 0 Å². The Morgan fingerprint density at radius 3 is 0.482 bits per heavy atom. The molecular formula is C85H58. The third-order valence-corrected chi connectivity index (χ3v) is 17.5. The van der Waals surface area contributed by atoms with Crippen LogP contribution in [-0.2, 0) is 5.41 Å². The van der Waals surface area contributed by atoms with Gasteiger partial charge in [-0.3, -0.25) is 0 Å². The van der Waals surface area contributed by atoms with Crippen molar-refractivity contribution in [2.45, 2.75) is 5.41 Å². The summed E-state index contributed by atoms with van der Waals surface area (Å²) in [6, 6.07) is 130. The Morgan fingerprint density at radius 1 is 0.129 bits per heavy atom. The molecule has 0 bridgehead atoms. The van der Waals surface area contributed by atoms with Gasteiger partial charge in [-0.25, -0.2) is 0 Å². The molecule has 0 aliphatic heterocycles. The summed E-state index contributed by atoms with van der Waals surface area (Å²) in [4.78, 5) is 0. The highest BCUT2D eigenvalue weighted by molar-refractivity contribution is 5.91. The van der Waals surface area contributed by atoms with E-state index in [9.17, 15) is 0 Å². The lowest BCUT2D eigenvalue weighted by atomic mass is 9.67. The number of benzene rings is 14. The molecule has 0 spiro atoms. The average Bonchev–Trinajstić information content (AvgIpc) is 1.65. The van der Waals surface area contributed by atoms with Crippen LogP contribution >= 0.6 is 0 Å². The predicted molar refractivity (Wildman–Crippen MR) is 358 cm³/mol. The van der Waals surface area contributed by atoms with E-state index < -0.39 is 5.41 Å². The van der Waals surface area contributed by atoms with E-state index in [-0.39, 0.29) is 0 Å². The zero-order chi connectivity index (χ0) is 56.5. The Labute approximate surface area is 499 Å². The first-order valence-corrected chi connectivity index (χ1v) is 29.4. The summed E-state index contributed by atoms with van der Waals surface area (Å²) in [5.74, 6) is 0. The molecular weight excluding hydrogens is 1020 g/mol. The monoisotopic (exact) mass is 1080 g/mol. The van der Waals surface area contributed by atoms with Crippen LogP contribution in [0.25, 0.3) is 122 Å². The summed E-state index contributed by atoms with van der Waals surface area (Å²) in [6.07, 6.45) is 0. The maximum absolute atomic E-state index is 2.49. The van der Waals surface area contributed by atoms with Crippen LogP contribution in [0, 0.1) is 0 Å². The third kappa shape index (κ3) is 9.70. The quantitative estimate of drug-likeness (QED) is 0.114. The molecule has 0 saturated heterocycles. The molecule has 85 heavy (non-hydrogen) atoms. The Balaban J connectivity index is 0.846. The summed E-state index contributed by atoms with van der Waals surface area (Å²) in [5, 5.41) is 0. The lowest BCUT2D eigenvalue weighted by Crippen LogP contribution is -2.28. The molecule has 0 fully saturated rings. The van der Waals surface area contributed by atoms with Crippen molar-refractivity contribution in [2.75, 3.05) is 0 Å². The first-order chi connectivity index (χ1) is 42.1. The largest absolute Gasteiger partial charge is 0.0714 e. The topological polar surface area (TPSA) is 0 Å². The van der Waals surface area contributed by atoms with Crippen LogP contribution in [0.2, 0.25) is 0 Å². The van der Waals surface area contributed by atoms with Crippen molar-refractivity contribution < 1.29 is 0 Å². The fourth-order valence-corrected chi connectivity index (χ4v) is 13.0. The van der Waals surface area contributed by atoms with Crippen molar-refractivity contribution in [1.29, 1.82) is 0 Å². The van der Waals surface area contributed by atoms with Crippen molar-refractivity contribution in [3.05, 3.63) is 374 Å². The second kappa shape index (κ2) is 22.1. The molecule has 14 aromatic carbocycles. The van der Waals surface area contributed by atoms with Gasteiger partial charge in [0.15, 0.2) is 0 Å². The maximum atomic E-state index is 2.49. The molecule has 0 heteroatoms. The molecule has 0 radical (unpaired) electrons. The van der Waals surface area contributed by atoms with Gasteiger partial charge in [0.25, 0.3) is 0 Å². The van der Waals surface area contributed by atoms with Crippen LogP contribution in [0.15, 0.2) is 352 Å². The molecule has 0 nitrogen and oxygen atoms in total. The highest BCUT2D eigenvalue weighted by Crippen LogP contribution is 2.58. The van der Waals surface area contributed by atoms with Gasteiger partial charge in [-0.15, -0.1) is 0 Å². The minimum absolute atomic E-state index is 0.687. The van der Waals surface area contributed by atoms with Gasteiger partial charge in [-0.2, -0.15) is 0 Å². The molecule has 0 unspecified atom stereocenters. The van der Waals surface area contributed by atoms with E-state index in [0.29, 0.717) is 0 Å². The summed E-state index contributed by atoms with van der Waals surface area (Å²) < 4.78 is 0. The van der Waals surface area contributed by atoms with Crippen molar-refractivity contribution in [2.24, 2.45) is 0 Å². The molecule has 0 aromatic heterocycles. The van der Waals surface area contributed by atoms with Crippen molar-refractivity contribution >= 4 is 0 Å². The summed E-state index contributed by atoms with van der Waals surface area (Å²) in [5.41, 5.74) is 30.8. The number of rotatable bonds is 12. The van der Waals surface area contributed by atoms with Crippen LogP contribution < -0.4 is 0 Å². The van der Waals surface area contributed by atoms with Crippen LogP contribution in [0.5, 0.6) is 0 Å². The standard InChI is InChI=1S/C85H58/c1-5-13-59(14-6-1)63-21-25-67(26-22-63)69-29-33-71(34-30-69)73-45-51-79(52-46-73)85(80-53-47-74(48-54-80)72-35-31-70(32-36-72)68-27-23-64(24-28-68)60-15-7-2-8-16-60)83-57-77(75-41-37-65(38-42-75)61-17-9-3-10-18-61)49-55-81(83)82-56-50-78(58-84(82)85)76-43-39-66(40-44-76)62-19-11-4-12-20-62/h1-58H. The van der Waals surface area contributed by atoms with Gasteiger partial charge in [0.2, 0.25) is 0 Å². The van der Waals surface area contributed by atoms with Gasteiger partial charge in [0.05, 0.1) is 5.41 Å². The third-order valence-electron chi connectivity index (χ3n) is 17.5. The Kier molecular flexibility index (Phi) is 13.3. The van der Waals surface area contributed by atoms with Crippen LogP contribution in [0.4, 0.5) is 0 Å². The zero-order valence-corrected chi connectivity index (χ0v) is 47.0. The van der Waals surface area contributed by atoms with Gasteiger partial charge < -0.3 is 0 Å². The fraction of sp³-hybridized carbons (Fsp3) is 0.0118. The zero-order valence-electron chi connectivity index (χ0n) is 47.0. The predicted octanol–water partition coefficient (Wildman–Crippen LogP) is 22.7. The molecule has 0 amide bonds. The number of fused-ring (bicyclic) bond motifs is 3. The lowest BCUT2D eigenvalue weighted by molar-refractivity contribution is 0.769. The highest BCUT2D eigenvalue weighted by Gasteiger charge is 2.46. The number of hydrogen-bond donors (Lipinski definition) is 0. The first kappa shape index (κ1) is 51.0. The molecule has 0 heterocycles. The van der Waals surface area contributed by atoms with Gasteiger partial charge >= 0.3 is 0 Å². The van der Waals surface area contributed by atoms with Gasteiger partial charge in [0.1, 0.15) is 0 Å². The molecule has 14 aromatic rings. The molecule has 398 valence electrons. The van der Waals surface area contributed by atoms with E-state index in [1.54, 1.807) is 0 Å². The first-order valence-electron chi connectivity index (χ1n) is 29.4. The fourth-order valence-electron chi connectivity index (χ4n) is 13.0. The van der Waals surface area contributed by atoms with Crippen LogP contribution in [0.3, 0.4) is 0 Å². The minimum atomic E-state index is -0.687. The van der Waals surface area contributed by atoms with Crippen molar-refractivity contribution in [3.63, 3.8) is 0 Å². The number of hydrogen-bond acceptors (Lipinski definition) is 0. The van der Waals surface area contributed by atoms with Gasteiger partial charge in [-0.05, 0) is 157 Å². The minimum Gasteiger partial charge on any atom is -0.0622 e. The molecule has 1 aliphatic rings. The van der Waals surface area contributed by atoms with Crippen LogP contribution in [-0.4, -0.2) is 0 Å². The SMILES string of the molecule is c1ccc(-c2ccc(-c3ccc(-c4ccc(C5(c6ccc(-c7ccc(-c8ccc(-c9ccccc9)cc8)cc7)cc6)c6cc(-c7ccc(-c8ccccc8)cc7)ccc6-c6ccc(-c7ccc(-c8ccccc8)cc7)cc65)cc4)cc3)cc2)cc1. The van der Waals surface area contributed by atoms with Crippen molar-refractivity contribution in [3.8, 4) is 122 Å². The molecule has 1 aliphatic carbocycles. The van der Waals surface area contributed by atoms with E-state index in [2.05, 4.69) is 352 Å². The second-order valence-corrected chi connectivity index (χ2v) is 22.4. The highest BCUT2D eigenvalue weighted by atomic mass is 14.5. The normalized spacial score (nSPS) is 12.1. The van der Waals surface area contributed by atoms with Crippen molar-refractivity contribution in [1.82, 2.24) is 0 Å². The maximum Gasteiger partial charge on any atom is 0.0714 e. The van der Waals surface area contributed by atoms with Crippen LogP contribution in [0.1, 0.15) is 22.3 Å². The van der Waals surface area contributed by atoms with E-state index >= 15 is 0 Å². The van der Waals surface area contributed by atoms with E-state index in [4.69, 9.17) is 0 Å². The molecule has 15 rings (SSSR count). The second-order valence-electron chi connectivity index (χ2n) is 22.4. The Morgan fingerprint density at radius 2 is 0.282 bits per heavy atom. The van der Waals surface area contributed by atoms with Gasteiger partial charge in [-0.1, -0.05) is 340 Å². The molecule has 0 atom stereocenters.